The molecule has 0 unspecified atom stereocenters. The molecule has 3 N–H and O–H groups in total. The number of aryl methyl sites for hydroxylation is 2. The highest BCUT2D eigenvalue weighted by Gasteiger charge is 2.27. The van der Waals surface area contributed by atoms with Crippen LogP contribution in [0, 0.1) is 6.92 Å². The summed E-state index contributed by atoms with van der Waals surface area (Å²) in [6.07, 6.45) is 0.277. The van der Waals surface area contributed by atoms with E-state index in [9.17, 15) is 18.0 Å². The van der Waals surface area contributed by atoms with Crippen molar-refractivity contribution in [1.29, 1.82) is 0 Å². The van der Waals surface area contributed by atoms with E-state index in [1.807, 2.05) is 37.3 Å². The van der Waals surface area contributed by atoms with E-state index in [1.165, 1.54) is 0 Å². The Labute approximate surface area is 228 Å². The predicted octanol–water partition coefficient (Wildman–Crippen LogP) is 6.11. The largest absolute Gasteiger partial charge is 0.435 e. The molecule has 11 heteroatoms. The molecule has 1 amide bonds. The van der Waals surface area contributed by atoms with Gasteiger partial charge in [-0.15, -0.1) is 5.10 Å². The molecule has 3 heterocycles. The molecule has 1 aliphatic heterocycles. The standard InChI is InChI=1S/C29H29F3N6O2/c1-17-14-19(7-10-21(17)28(39)36-20-8-9-20)23-16-35-27-22(33-13-11-29(30,31)32)15-25(37-38(23)27)40-24-6-2-4-18-5-3-12-34-26(18)24/h2,4,6-7,10,14-16,20,33-34H,3,5,8-9,11-13H2,1H3,(H,36,39). The fourth-order valence-corrected chi connectivity index (χ4v) is 4.91. The van der Waals surface area contributed by atoms with E-state index in [2.05, 4.69) is 26.0 Å². The first-order valence-corrected chi connectivity index (χ1v) is 13.4. The van der Waals surface area contributed by atoms with Crippen molar-refractivity contribution in [2.75, 3.05) is 23.7 Å². The van der Waals surface area contributed by atoms with Crippen LogP contribution in [0.2, 0.25) is 0 Å². The summed E-state index contributed by atoms with van der Waals surface area (Å²) in [6, 6.07) is 13.1. The fraction of sp³-hybridized carbons (Fsp3) is 0.345. The Bertz CT molecular complexity index is 1580. The molecular weight excluding hydrogens is 521 g/mol. The molecule has 4 aromatic rings. The normalized spacial score (nSPS) is 14.9. The van der Waals surface area contributed by atoms with Gasteiger partial charge < -0.3 is 20.7 Å². The summed E-state index contributed by atoms with van der Waals surface area (Å²) in [4.78, 5) is 17.1. The zero-order chi connectivity index (χ0) is 27.9. The number of halogens is 3. The molecule has 1 aliphatic carbocycles. The Morgan fingerprint density at radius 1 is 1.20 bits per heavy atom. The zero-order valence-corrected chi connectivity index (χ0v) is 21.9. The Morgan fingerprint density at radius 2 is 2.05 bits per heavy atom. The molecule has 6 rings (SSSR count). The highest BCUT2D eigenvalue weighted by Crippen LogP contribution is 2.36. The molecule has 0 bridgehead atoms. The zero-order valence-electron chi connectivity index (χ0n) is 21.9. The number of aromatic nitrogens is 3. The molecule has 0 atom stereocenters. The van der Waals surface area contributed by atoms with Crippen molar-refractivity contribution in [3.8, 4) is 22.9 Å². The van der Waals surface area contributed by atoms with Gasteiger partial charge in [0.15, 0.2) is 11.4 Å². The smallest absolute Gasteiger partial charge is 0.390 e. The van der Waals surface area contributed by atoms with Gasteiger partial charge in [-0.05, 0) is 61.9 Å². The van der Waals surface area contributed by atoms with Crippen molar-refractivity contribution in [3.05, 3.63) is 65.4 Å². The summed E-state index contributed by atoms with van der Waals surface area (Å²) in [5.41, 5.74) is 5.53. The first-order chi connectivity index (χ1) is 19.2. The van der Waals surface area contributed by atoms with E-state index in [1.54, 1.807) is 22.8 Å². The number of fused-ring (bicyclic) bond motifs is 2. The number of nitrogens with zero attached hydrogens (tertiary/aromatic N) is 3. The average molecular weight is 551 g/mol. The molecule has 1 saturated carbocycles. The Morgan fingerprint density at radius 3 is 2.83 bits per heavy atom. The van der Waals surface area contributed by atoms with Crippen LogP contribution in [0.5, 0.6) is 11.6 Å². The van der Waals surface area contributed by atoms with Crippen LogP contribution in [0.3, 0.4) is 0 Å². The van der Waals surface area contributed by atoms with Crippen molar-refractivity contribution < 1.29 is 22.7 Å². The topological polar surface area (TPSA) is 92.6 Å². The summed E-state index contributed by atoms with van der Waals surface area (Å²) < 4.78 is 46.5. The number of hydrogen-bond donors (Lipinski definition) is 3. The minimum absolute atomic E-state index is 0.102. The first-order valence-electron chi connectivity index (χ1n) is 13.4. The predicted molar refractivity (Wildman–Crippen MR) is 146 cm³/mol. The van der Waals surface area contributed by atoms with Crippen LogP contribution in [-0.2, 0) is 6.42 Å². The molecule has 2 aromatic heterocycles. The number of nitrogens with one attached hydrogen (secondary N) is 3. The van der Waals surface area contributed by atoms with Crippen molar-refractivity contribution in [3.63, 3.8) is 0 Å². The minimum Gasteiger partial charge on any atom is -0.435 e. The quantitative estimate of drug-likeness (QED) is 0.245. The van der Waals surface area contributed by atoms with Crippen molar-refractivity contribution >= 4 is 22.9 Å². The van der Waals surface area contributed by atoms with Crippen LogP contribution in [-0.4, -0.2) is 45.8 Å². The van der Waals surface area contributed by atoms with Crippen LogP contribution in [0.25, 0.3) is 16.9 Å². The highest BCUT2D eigenvalue weighted by atomic mass is 19.4. The van der Waals surface area contributed by atoms with Gasteiger partial charge in [0.25, 0.3) is 5.91 Å². The number of hydrogen-bond acceptors (Lipinski definition) is 6. The van der Waals surface area contributed by atoms with E-state index in [0.29, 0.717) is 28.3 Å². The highest BCUT2D eigenvalue weighted by molar-refractivity contribution is 5.96. The Hall–Kier alpha value is -4.28. The number of anilines is 2. The first kappa shape index (κ1) is 26.0. The molecule has 2 aromatic carbocycles. The molecule has 8 nitrogen and oxygen atoms in total. The maximum Gasteiger partial charge on any atom is 0.390 e. The SMILES string of the molecule is Cc1cc(-c2cnc3c(NCCC(F)(F)F)cc(Oc4cccc5c4NCCC5)nn23)ccc1C(=O)NC1CC1. The monoisotopic (exact) mass is 550 g/mol. The van der Waals surface area contributed by atoms with Gasteiger partial charge in [0.1, 0.15) is 0 Å². The molecule has 0 saturated heterocycles. The van der Waals surface area contributed by atoms with E-state index in [0.717, 1.165) is 54.6 Å². The van der Waals surface area contributed by atoms with Gasteiger partial charge in [0.2, 0.25) is 5.88 Å². The number of carbonyl (C=O) groups excluding carboxylic acids is 1. The molecule has 40 heavy (non-hydrogen) atoms. The lowest BCUT2D eigenvalue weighted by molar-refractivity contribution is -0.131. The summed E-state index contributed by atoms with van der Waals surface area (Å²) in [5.74, 6) is 0.697. The van der Waals surface area contributed by atoms with Gasteiger partial charge in [0.05, 0.1) is 29.7 Å². The number of rotatable bonds is 8. The van der Waals surface area contributed by atoms with Crippen LogP contribution >= 0.6 is 0 Å². The van der Waals surface area contributed by atoms with Crippen molar-refractivity contribution in [1.82, 2.24) is 19.9 Å². The molecule has 1 fully saturated rings. The lowest BCUT2D eigenvalue weighted by Gasteiger charge is -2.21. The molecule has 2 aliphatic rings. The Kier molecular flexibility index (Phi) is 6.73. The minimum atomic E-state index is -4.30. The Balaban J connectivity index is 1.37. The van der Waals surface area contributed by atoms with Crippen LogP contribution in [0.1, 0.15) is 47.2 Å². The third-order valence-electron chi connectivity index (χ3n) is 7.10. The van der Waals surface area contributed by atoms with E-state index < -0.39 is 12.6 Å². The number of ether oxygens (including phenoxy) is 1. The average Bonchev–Trinajstić information content (AvgIpc) is 3.63. The number of benzene rings is 2. The maximum absolute atomic E-state index is 12.9. The summed E-state index contributed by atoms with van der Waals surface area (Å²) >= 11 is 0. The fourth-order valence-electron chi connectivity index (χ4n) is 4.91. The molecule has 208 valence electrons. The molecular formula is C29H29F3N6O2. The van der Waals surface area contributed by atoms with Gasteiger partial charge in [-0.3, -0.25) is 4.79 Å². The second-order valence-corrected chi connectivity index (χ2v) is 10.3. The van der Waals surface area contributed by atoms with Gasteiger partial charge >= 0.3 is 6.18 Å². The summed E-state index contributed by atoms with van der Waals surface area (Å²) in [5, 5.41) is 13.9. The van der Waals surface area contributed by atoms with Crippen LogP contribution in [0.15, 0.2) is 48.7 Å². The van der Waals surface area contributed by atoms with Gasteiger partial charge in [0, 0.05) is 36.3 Å². The van der Waals surface area contributed by atoms with E-state index in [-0.39, 0.29) is 24.4 Å². The maximum atomic E-state index is 12.9. The van der Waals surface area contributed by atoms with Crippen LogP contribution < -0.4 is 20.7 Å². The third kappa shape index (κ3) is 5.54. The summed E-state index contributed by atoms with van der Waals surface area (Å²) in [7, 11) is 0. The number of alkyl halides is 3. The van der Waals surface area contributed by atoms with Crippen molar-refractivity contribution in [2.45, 2.75) is 51.2 Å². The second-order valence-electron chi connectivity index (χ2n) is 10.3. The number of carbonyl (C=O) groups is 1. The third-order valence-corrected chi connectivity index (χ3v) is 7.10. The number of para-hydroxylation sites is 1. The van der Waals surface area contributed by atoms with E-state index in [4.69, 9.17) is 4.74 Å². The molecule has 0 spiro atoms. The van der Waals surface area contributed by atoms with Gasteiger partial charge in [-0.1, -0.05) is 18.2 Å². The van der Waals surface area contributed by atoms with Crippen molar-refractivity contribution in [2.24, 2.45) is 0 Å². The van der Waals surface area contributed by atoms with E-state index >= 15 is 0 Å². The lowest BCUT2D eigenvalue weighted by atomic mass is 10.0. The number of amides is 1. The lowest BCUT2D eigenvalue weighted by Crippen LogP contribution is -2.26. The molecule has 0 radical (unpaired) electrons. The van der Waals surface area contributed by atoms with Gasteiger partial charge in [-0.25, -0.2) is 9.50 Å². The van der Waals surface area contributed by atoms with Crippen LogP contribution in [0.4, 0.5) is 24.5 Å². The second kappa shape index (κ2) is 10.4. The number of imidazole rings is 1. The van der Waals surface area contributed by atoms with Gasteiger partial charge in [-0.2, -0.15) is 13.2 Å². The summed E-state index contributed by atoms with van der Waals surface area (Å²) in [6.45, 7) is 2.37.